The Hall–Kier alpha value is -1.62. The Bertz CT molecular complexity index is 383. The van der Waals surface area contributed by atoms with Crippen LogP contribution in [0.25, 0.3) is 0 Å². The maximum Gasteiger partial charge on any atom is 0.248 e. The summed E-state index contributed by atoms with van der Waals surface area (Å²) in [5.74, 6) is 0.644. The van der Waals surface area contributed by atoms with Crippen LogP contribution in [0, 0.1) is 0 Å². The van der Waals surface area contributed by atoms with Gasteiger partial charge in [0.05, 0.1) is 6.54 Å². The van der Waals surface area contributed by atoms with Gasteiger partial charge in [0, 0.05) is 31.8 Å². The summed E-state index contributed by atoms with van der Waals surface area (Å²) < 4.78 is 10.8. The summed E-state index contributed by atoms with van der Waals surface area (Å²) in [6, 6.07) is 5.55. The summed E-state index contributed by atoms with van der Waals surface area (Å²) in [6.07, 6.45) is 2.57. The maximum absolute atomic E-state index is 11.7. The van der Waals surface area contributed by atoms with Crippen molar-refractivity contribution in [3.8, 4) is 5.88 Å². The molecular weight excluding hydrogens is 232 g/mol. The number of carbonyl (C=O) groups is 1. The quantitative estimate of drug-likeness (QED) is 0.785. The highest BCUT2D eigenvalue weighted by Crippen LogP contribution is 2.16. The first kappa shape index (κ1) is 12.8. The molecule has 0 radical (unpaired) electrons. The Morgan fingerprint density at radius 1 is 1.56 bits per heavy atom. The first-order valence-electron chi connectivity index (χ1n) is 6.23. The molecule has 0 bridgehead atoms. The van der Waals surface area contributed by atoms with E-state index in [9.17, 15) is 4.79 Å². The fourth-order valence-electron chi connectivity index (χ4n) is 1.92. The molecule has 18 heavy (non-hydrogen) atoms. The van der Waals surface area contributed by atoms with Crippen molar-refractivity contribution >= 4 is 5.91 Å². The standard InChI is InChI=1S/C13H18N2O3/c1-2-17-10-13(16)15-8-6-11(9-15)18-12-5-3-4-7-14-12/h3-5,7,11H,2,6,8-10H2,1H3. The maximum atomic E-state index is 11.7. The van der Waals surface area contributed by atoms with Crippen LogP contribution < -0.4 is 4.74 Å². The van der Waals surface area contributed by atoms with Crippen molar-refractivity contribution in [1.29, 1.82) is 0 Å². The molecule has 0 spiro atoms. The highest BCUT2D eigenvalue weighted by Gasteiger charge is 2.27. The third kappa shape index (κ3) is 3.43. The third-order valence-corrected chi connectivity index (χ3v) is 2.85. The molecule has 1 amide bonds. The zero-order valence-electron chi connectivity index (χ0n) is 10.5. The molecule has 2 rings (SSSR count). The molecule has 5 nitrogen and oxygen atoms in total. The van der Waals surface area contributed by atoms with Crippen molar-refractivity contribution in [1.82, 2.24) is 9.88 Å². The van der Waals surface area contributed by atoms with Crippen molar-refractivity contribution in [2.75, 3.05) is 26.3 Å². The summed E-state index contributed by atoms with van der Waals surface area (Å²) in [5.41, 5.74) is 0. The van der Waals surface area contributed by atoms with Crippen molar-refractivity contribution in [2.24, 2.45) is 0 Å². The highest BCUT2D eigenvalue weighted by atomic mass is 16.5. The molecule has 0 aromatic carbocycles. The zero-order chi connectivity index (χ0) is 12.8. The van der Waals surface area contributed by atoms with Crippen LogP contribution >= 0.6 is 0 Å². The molecule has 1 aromatic rings. The van der Waals surface area contributed by atoms with E-state index in [0.29, 0.717) is 19.0 Å². The summed E-state index contributed by atoms with van der Waals surface area (Å²) >= 11 is 0. The normalized spacial score (nSPS) is 18.9. The molecule has 1 aliphatic rings. The molecule has 0 N–H and O–H groups in total. The largest absolute Gasteiger partial charge is 0.472 e. The number of hydrogen-bond donors (Lipinski definition) is 0. The van der Waals surface area contributed by atoms with Crippen molar-refractivity contribution < 1.29 is 14.3 Å². The predicted octanol–water partition coefficient (Wildman–Crippen LogP) is 1.10. The lowest BCUT2D eigenvalue weighted by molar-refractivity contribution is -0.135. The molecule has 1 fully saturated rings. The van der Waals surface area contributed by atoms with Crippen LogP contribution in [0.3, 0.4) is 0 Å². The molecular formula is C13H18N2O3. The summed E-state index contributed by atoms with van der Waals surface area (Å²) in [7, 11) is 0. The molecule has 0 aliphatic carbocycles. The Labute approximate surface area is 107 Å². The lowest BCUT2D eigenvalue weighted by Crippen LogP contribution is -2.33. The Kier molecular flexibility index (Phi) is 4.52. The molecule has 1 atom stereocenters. The lowest BCUT2D eigenvalue weighted by atomic mass is 10.3. The van der Waals surface area contributed by atoms with E-state index in [2.05, 4.69) is 4.98 Å². The van der Waals surface area contributed by atoms with Crippen molar-refractivity contribution in [2.45, 2.75) is 19.4 Å². The molecule has 1 aromatic heterocycles. The number of pyridine rings is 1. The van der Waals surface area contributed by atoms with Crippen LogP contribution in [-0.4, -0.2) is 48.2 Å². The second-order valence-corrected chi connectivity index (χ2v) is 4.17. The van der Waals surface area contributed by atoms with Crippen molar-refractivity contribution in [3.63, 3.8) is 0 Å². The van der Waals surface area contributed by atoms with Gasteiger partial charge in [-0.3, -0.25) is 4.79 Å². The molecule has 5 heteroatoms. The topological polar surface area (TPSA) is 51.7 Å². The van der Waals surface area contributed by atoms with Gasteiger partial charge in [-0.05, 0) is 13.0 Å². The number of aromatic nitrogens is 1. The van der Waals surface area contributed by atoms with Gasteiger partial charge >= 0.3 is 0 Å². The van der Waals surface area contributed by atoms with E-state index < -0.39 is 0 Å². The molecule has 1 unspecified atom stereocenters. The monoisotopic (exact) mass is 250 g/mol. The average Bonchev–Trinajstić information content (AvgIpc) is 2.86. The fourth-order valence-corrected chi connectivity index (χ4v) is 1.92. The van der Waals surface area contributed by atoms with E-state index in [-0.39, 0.29) is 18.6 Å². The molecule has 0 saturated carbocycles. The fraction of sp³-hybridized carbons (Fsp3) is 0.538. The van der Waals surface area contributed by atoms with Crippen LogP contribution in [0.1, 0.15) is 13.3 Å². The summed E-state index contributed by atoms with van der Waals surface area (Å²) in [6.45, 7) is 3.94. The van der Waals surface area contributed by atoms with E-state index in [1.807, 2.05) is 25.1 Å². The van der Waals surface area contributed by atoms with Gasteiger partial charge < -0.3 is 14.4 Å². The van der Waals surface area contributed by atoms with Gasteiger partial charge in [0.1, 0.15) is 12.7 Å². The summed E-state index contributed by atoms with van der Waals surface area (Å²) in [5, 5.41) is 0. The van der Waals surface area contributed by atoms with Gasteiger partial charge in [0.2, 0.25) is 11.8 Å². The SMILES string of the molecule is CCOCC(=O)N1CCC(Oc2ccccn2)C1. The molecule has 1 aliphatic heterocycles. The van der Waals surface area contributed by atoms with Gasteiger partial charge in [-0.15, -0.1) is 0 Å². The van der Waals surface area contributed by atoms with Gasteiger partial charge in [-0.25, -0.2) is 4.98 Å². The molecule has 1 saturated heterocycles. The smallest absolute Gasteiger partial charge is 0.248 e. The zero-order valence-corrected chi connectivity index (χ0v) is 10.5. The highest BCUT2D eigenvalue weighted by molar-refractivity contribution is 5.77. The first-order chi connectivity index (χ1) is 8.79. The van der Waals surface area contributed by atoms with Gasteiger partial charge in [-0.2, -0.15) is 0 Å². The average molecular weight is 250 g/mol. The summed E-state index contributed by atoms with van der Waals surface area (Å²) in [4.78, 5) is 17.6. The first-order valence-corrected chi connectivity index (χ1v) is 6.23. The van der Waals surface area contributed by atoms with Crippen LogP contribution in [0.5, 0.6) is 5.88 Å². The van der Waals surface area contributed by atoms with Gasteiger partial charge in [0.25, 0.3) is 0 Å². The van der Waals surface area contributed by atoms with Crippen molar-refractivity contribution in [3.05, 3.63) is 24.4 Å². The predicted molar refractivity (Wildman–Crippen MR) is 66.3 cm³/mol. The minimum atomic E-state index is 0.0315. The number of carbonyl (C=O) groups excluding carboxylic acids is 1. The Balaban J connectivity index is 1.80. The van der Waals surface area contributed by atoms with Gasteiger partial charge in [-0.1, -0.05) is 6.07 Å². The molecule has 98 valence electrons. The molecule has 2 heterocycles. The lowest BCUT2D eigenvalue weighted by Gasteiger charge is -2.16. The van der Waals surface area contributed by atoms with E-state index >= 15 is 0 Å². The number of rotatable bonds is 5. The van der Waals surface area contributed by atoms with Crippen LogP contribution in [0.2, 0.25) is 0 Å². The minimum Gasteiger partial charge on any atom is -0.472 e. The number of ether oxygens (including phenoxy) is 2. The number of nitrogens with zero attached hydrogens (tertiary/aromatic N) is 2. The van der Waals surface area contributed by atoms with E-state index in [0.717, 1.165) is 13.0 Å². The van der Waals surface area contributed by atoms with Crippen LogP contribution in [0.4, 0.5) is 0 Å². The second-order valence-electron chi connectivity index (χ2n) is 4.17. The number of amides is 1. The second kappa shape index (κ2) is 6.35. The third-order valence-electron chi connectivity index (χ3n) is 2.85. The Morgan fingerprint density at radius 3 is 3.17 bits per heavy atom. The van der Waals surface area contributed by atoms with E-state index in [4.69, 9.17) is 9.47 Å². The van der Waals surface area contributed by atoms with Gasteiger partial charge in [0.15, 0.2) is 0 Å². The van der Waals surface area contributed by atoms with Crippen LogP contribution in [-0.2, 0) is 9.53 Å². The minimum absolute atomic E-state index is 0.0315. The van der Waals surface area contributed by atoms with E-state index in [1.54, 1.807) is 11.1 Å². The Morgan fingerprint density at radius 2 is 2.44 bits per heavy atom. The van der Waals surface area contributed by atoms with E-state index in [1.165, 1.54) is 0 Å². The number of hydrogen-bond acceptors (Lipinski definition) is 4. The van der Waals surface area contributed by atoms with Crippen LogP contribution in [0.15, 0.2) is 24.4 Å². The number of likely N-dealkylation sites (tertiary alicyclic amines) is 1.